The Balaban J connectivity index is 2.40. The van der Waals surface area contributed by atoms with Crippen LogP contribution >= 0.6 is 15.9 Å². The molecule has 11 heavy (non-hydrogen) atoms. The van der Waals surface area contributed by atoms with Crippen LogP contribution in [0.1, 0.15) is 40.0 Å². The fourth-order valence-corrected chi connectivity index (χ4v) is 4.38. The molecule has 0 heterocycles. The smallest absolute Gasteiger partial charge is 0.0207 e. The highest BCUT2D eigenvalue weighted by Crippen LogP contribution is 2.67. The van der Waals surface area contributed by atoms with Crippen LogP contribution in [-0.4, -0.2) is 4.83 Å². The third-order valence-electron chi connectivity index (χ3n) is 4.69. The summed E-state index contributed by atoms with van der Waals surface area (Å²) in [7, 11) is 0. The highest BCUT2D eigenvalue weighted by atomic mass is 79.9. The third-order valence-corrected chi connectivity index (χ3v) is 6.07. The molecular formula is C10H17Br. The van der Waals surface area contributed by atoms with Gasteiger partial charge in [-0.1, -0.05) is 36.7 Å². The summed E-state index contributed by atoms with van der Waals surface area (Å²) in [6.07, 6.45) is 4.30. The van der Waals surface area contributed by atoms with E-state index >= 15 is 0 Å². The van der Waals surface area contributed by atoms with Gasteiger partial charge in [-0.3, -0.25) is 0 Å². The van der Waals surface area contributed by atoms with Gasteiger partial charge in [0, 0.05) is 4.83 Å². The lowest BCUT2D eigenvalue weighted by atomic mass is 9.71. The minimum atomic E-state index is 0.581. The standard InChI is InChI=1S/C10H17Br/c1-9(2)7-4-5-10(9,3)8(11)6-7/h7-8H,4-6H2,1-3H3/t7-,8-,10?/m0/s1. The van der Waals surface area contributed by atoms with E-state index in [2.05, 4.69) is 36.7 Å². The zero-order valence-electron chi connectivity index (χ0n) is 7.65. The van der Waals surface area contributed by atoms with Gasteiger partial charge in [0.05, 0.1) is 0 Å². The SMILES string of the molecule is CC1(C)[C@H]2CCC1(C)[C@@H](Br)C2. The van der Waals surface area contributed by atoms with Gasteiger partial charge in [0.15, 0.2) is 0 Å². The van der Waals surface area contributed by atoms with Crippen molar-refractivity contribution in [2.75, 3.05) is 0 Å². The summed E-state index contributed by atoms with van der Waals surface area (Å²) in [4.78, 5) is 0.781. The molecule has 0 aromatic carbocycles. The lowest BCUT2D eigenvalue weighted by Crippen LogP contribution is -2.32. The third kappa shape index (κ3) is 0.760. The molecule has 0 spiro atoms. The van der Waals surface area contributed by atoms with E-state index in [1.165, 1.54) is 19.3 Å². The van der Waals surface area contributed by atoms with Crippen molar-refractivity contribution in [2.45, 2.75) is 44.9 Å². The molecule has 0 radical (unpaired) electrons. The average molecular weight is 217 g/mol. The molecule has 0 aromatic rings. The quantitative estimate of drug-likeness (QED) is 0.544. The van der Waals surface area contributed by atoms with E-state index in [4.69, 9.17) is 0 Å². The molecule has 2 bridgehead atoms. The van der Waals surface area contributed by atoms with Gasteiger partial charge in [-0.05, 0) is 36.0 Å². The molecule has 0 nitrogen and oxygen atoms in total. The molecule has 64 valence electrons. The molecule has 1 unspecified atom stereocenters. The van der Waals surface area contributed by atoms with Crippen molar-refractivity contribution < 1.29 is 0 Å². The van der Waals surface area contributed by atoms with E-state index in [0.717, 1.165) is 10.7 Å². The fourth-order valence-electron chi connectivity index (χ4n) is 3.11. The first-order chi connectivity index (χ1) is 4.98. The largest absolute Gasteiger partial charge is 0.0884 e. The number of halogens is 1. The van der Waals surface area contributed by atoms with Crippen molar-refractivity contribution in [1.29, 1.82) is 0 Å². The molecule has 3 atom stereocenters. The van der Waals surface area contributed by atoms with Gasteiger partial charge < -0.3 is 0 Å². The predicted molar refractivity (Wildman–Crippen MR) is 51.9 cm³/mol. The second-order valence-corrected chi connectivity index (χ2v) is 6.18. The van der Waals surface area contributed by atoms with E-state index in [0.29, 0.717) is 10.8 Å². The van der Waals surface area contributed by atoms with Crippen LogP contribution in [0.15, 0.2) is 0 Å². The molecule has 2 aliphatic rings. The Morgan fingerprint density at radius 2 is 1.91 bits per heavy atom. The van der Waals surface area contributed by atoms with Gasteiger partial charge in [0.1, 0.15) is 0 Å². The van der Waals surface area contributed by atoms with Gasteiger partial charge in [-0.15, -0.1) is 0 Å². The summed E-state index contributed by atoms with van der Waals surface area (Å²) in [5.74, 6) is 0.983. The van der Waals surface area contributed by atoms with Crippen LogP contribution in [0, 0.1) is 16.7 Å². The van der Waals surface area contributed by atoms with Crippen LogP contribution in [0.5, 0.6) is 0 Å². The highest BCUT2D eigenvalue weighted by Gasteiger charge is 2.60. The molecule has 0 aliphatic heterocycles. The molecule has 2 fully saturated rings. The molecule has 2 saturated carbocycles. The Bertz CT molecular complexity index is 185. The summed E-state index contributed by atoms with van der Waals surface area (Å²) in [5, 5.41) is 0. The minimum absolute atomic E-state index is 0.581. The summed E-state index contributed by atoms with van der Waals surface area (Å²) >= 11 is 3.83. The molecule has 0 aromatic heterocycles. The van der Waals surface area contributed by atoms with E-state index in [9.17, 15) is 0 Å². The van der Waals surface area contributed by atoms with Crippen molar-refractivity contribution in [3.8, 4) is 0 Å². The molecule has 2 rings (SSSR count). The average Bonchev–Trinajstić information content (AvgIpc) is 2.20. The van der Waals surface area contributed by atoms with E-state index < -0.39 is 0 Å². The molecule has 2 aliphatic carbocycles. The number of rotatable bonds is 0. The lowest BCUT2D eigenvalue weighted by molar-refractivity contribution is 0.158. The lowest BCUT2D eigenvalue weighted by Gasteiger charge is -2.36. The van der Waals surface area contributed by atoms with Crippen LogP contribution in [0.3, 0.4) is 0 Å². The van der Waals surface area contributed by atoms with Gasteiger partial charge in [-0.2, -0.15) is 0 Å². The van der Waals surface area contributed by atoms with Crippen LogP contribution in [0.4, 0.5) is 0 Å². The maximum absolute atomic E-state index is 3.83. The first-order valence-corrected chi connectivity index (χ1v) is 5.54. The number of hydrogen-bond donors (Lipinski definition) is 0. The van der Waals surface area contributed by atoms with E-state index in [1.807, 2.05) is 0 Å². The van der Waals surface area contributed by atoms with Crippen LogP contribution < -0.4 is 0 Å². The van der Waals surface area contributed by atoms with Crippen molar-refractivity contribution in [2.24, 2.45) is 16.7 Å². The minimum Gasteiger partial charge on any atom is -0.0884 e. The normalized spacial score (nSPS) is 53.5. The molecule has 0 amide bonds. The first-order valence-electron chi connectivity index (χ1n) is 4.62. The van der Waals surface area contributed by atoms with Gasteiger partial charge >= 0.3 is 0 Å². The van der Waals surface area contributed by atoms with Crippen molar-refractivity contribution in [1.82, 2.24) is 0 Å². The van der Waals surface area contributed by atoms with E-state index in [-0.39, 0.29) is 0 Å². The van der Waals surface area contributed by atoms with Crippen LogP contribution in [-0.2, 0) is 0 Å². The van der Waals surface area contributed by atoms with Gasteiger partial charge in [0.2, 0.25) is 0 Å². The van der Waals surface area contributed by atoms with Gasteiger partial charge in [0.25, 0.3) is 0 Å². The molecule has 0 N–H and O–H groups in total. The summed E-state index contributed by atoms with van der Waals surface area (Å²) in [6.45, 7) is 7.36. The zero-order valence-corrected chi connectivity index (χ0v) is 9.24. The fraction of sp³-hybridized carbons (Fsp3) is 1.00. The van der Waals surface area contributed by atoms with Crippen LogP contribution in [0.2, 0.25) is 0 Å². The topological polar surface area (TPSA) is 0 Å². The number of hydrogen-bond acceptors (Lipinski definition) is 0. The Hall–Kier alpha value is 0.480. The predicted octanol–water partition coefficient (Wildman–Crippen LogP) is 3.60. The molecule has 1 heteroatoms. The summed E-state index contributed by atoms with van der Waals surface area (Å²) in [6, 6.07) is 0. The number of fused-ring (bicyclic) bond motifs is 2. The van der Waals surface area contributed by atoms with Gasteiger partial charge in [-0.25, -0.2) is 0 Å². The first kappa shape index (κ1) is 8.10. The van der Waals surface area contributed by atoms with Crippen LogP contribution in [0.25, 0.3) is 0 Å². The Morgan fingerprint density at radius 3 is 2.09 bits per heavy atom. The maximum atomic E-state index is 3.83. The highest BCUT2D eigenvalue weighted by molar-refractivity contribution is 9.09. The Morgan fingerprint density at radius 1 is 1.27 bits per heavy atom. The second-order valence-electron chi connectivity index (χ2n) is 5.08. The second kappa shape index (κ2) is 2.04. The molecular weight excluding hydrogens is 200 g/mol. The summed E-state index contributed by atoms with van der Waals surface area (Å²) < 4.78 is 0. The summed E-state index contributed by atoms with van der Waals surface area (Å²) in [5.41, 5.74) is 1.17. The molecule has 0 saturated heterocycles. The van der Waals surface area contributed by atoms with E-state index in [1.54, 1.807) is 0 Å². The zero-order chi connectivity index (χ0) is 8.28. The monoisotopic (exact) mass is 216 g/mol. The van der Waals surface area contributed by atoms with Crippen molar-refractivity contribution in [3.63, 3.8) is 0 Å². The Kier molecular flexibility index (Phi) is 1.50. The van der Waals surface area contributed by atoms with Crippen molar-refractivity contribution >= 4 is 15.9 Å². The van der Waals surface area contributed by atoms with Crippen molar-refractivity contribution in [3.05, 3.63) is 0 Å². The maximum Gasteiger partial charge on any atom is 0.0207 e. The number of alkyl halides is 1. The Labute approximate surface area is 77.9 Å².